The van der Waals surface area contributed by atoms with Crippen LogP contribution in [0.25, 0.3) is 40.3 Å². The van der Waals surface area contributed by atoms with E-state index in [0.717, 1.165) is 0 Å². The summed E-state index contributed by atoms with van der Waals surface area (Å²) in [5.74, 6) is 0. The van der Waals surface area contributed by atoms with E-state index in [2.05, 4.69) is 49.6 Å². The molecule has 0 bridgehead atoms. The molecule has 0 saturated carbocycles. The molecule has 0 aliphatic heterocycles. The Hall–Kier alpha value is -1.94. The third-order valence-electron chi connectivity index (χ3n) is 8.01. The monoisotopic (exact) mass is 572 g/mol. The van der Waals surface area contributed by atoms with Gasteiger partial charge in [-0.1, -0.05) is 63.5 Å². The van der Waals surface area contributed by atoms with Crippen LogP contribution in [-0.4, -0.2) is 0 Å². The van der Waals surface area contributed by atoms with Gasteiger partial charge in [0.25, 0.3) is 0 Å². The van der Waals surface area contributed by atoms with Gasteiger partial charge in [-0.3, -0.25) is 0 Å². The van der Waals surface area contributed by atoms with Crippen LogP contribution < -0.4 is 0 Å². The Morgan fingerprint density at radius 1 is 0.436 bits per heavy atom. The van der Waals surface area contributed by atoms with Crippen LogP contribution in [0.5, 0.6) is 0 Å². The molecule has 39 heavy (non-hydrogen) atoms. The van der Waals surface area contributed by atoms with Crippen molar-refractivity contribution >= 4 is 74.4 Å². The van der Waals surface area contributed by atoms with Crippen molar-refractivity contribution < 1.29 is 0 Å². The maximum Gasteiger partial charge on any atom is 0.0369 e. The summed E-state index contributed by atoms with van der Waals surface area (Å²) in [6.45, 7) is 7.65. The SMILES string of the molecule is C=CCCCCCCCCc1cc2cc3c(cc2s1)sc1cc2sc(CCCCCCCCC=C)cc2cc13. The first-order valence-corrected chi connectivity index (χ1v) is 17.7. The zero-order chi connectivity index (χ0) is 26.9. The van der Waals surface area contributed by atoms with E-state index in [1.54, 1.807) is 9.75 Å². The van der Waals surface area contributed by atoms with Gasteiger partial charge in [0.1, 0.15) is 0 Å². The van der Waals surface area contributed by atoms with Crippen molar-refractivity contribution in [3.05, 3.63) is 71.5 Å². The molecule has 0 aliphatic carbocycles. The molecule has 206 valence electrons. The zero-order valence-electron chi connectivity index (χ0n) is 23.6. The minimum absolute atomic E-state index is 1.17. The van der Waals surface area contributed by atoms with Crippen LogP contribution in [0.3, 0.4) is 0 Å². The molecular weight excluding hydrogens is 529 g/mol. The van der Waals surface area contributed by atoms with Gasteiger partial charge in [0.15, 0.2) is 0 Å². The summed E-state index contributed by atoms with van der Waals surface area (Å²) in [6.07, 6.45) is 25.1. The van der Waals surface area contributed by atoms with Gasteiger partial charge >= 0.3 is 0 Å². The number of allylic oxidation sites excluding steroid dienone is 2. The Labute approximate surface area is 247 Å². The fourth-order valence-electron chi connectivity index (χ4n) is 5.79. The molecule has 5 aromatic rings. The molecule has 0 aliphatic rings. The summed E-state index contributed by atoms with van der Waals surface area (Å²) < 4.78 is 5.80. The second-order valence-corrected chi connectivity index (χ2v) is 14.6. The molecular formula is C36H44S3. The van der Waals surface area contributed by atoms with Gasteiger partial charge in [-0.25, -0.2) is 0 Å². The summed E-state index contributed by atoms with van der Waals surface area (Å²) in [7, 11) is 0. The highest BCUT2D eigenvalue weighted by Gasteiger charge is 2.12. The lowest BCUT2D eigenvalue weighted by molar-refractivity contribution is 0.598. The van der Waals surface area contributed by atoms with E-state index in [1.165, 1.54) is 143 Å². The van der Waals surface area contributed by atoms with Crippen LogP contribution in [0.1, 0.15) is 99.6 Å². The van der Waals surface area contributed by atoms with Gasteiger partial charge in [0.2, 0.25) is 0 Å². The third kappa shape index (κ3) is 7.63. The number of hydrogen-bond donors (Lipinski definition) is 0. The van der Waals surface area contributed by atoms with Gasteiger partial charge in [-0.2, -0.15) is 0 Å². The average Bonchev–Trinajstić information content (AvgIpc) is 3.62. The summed E-state index contributed by atoms with van der Waals surface area (Å²) in [4.78, 5) is 3.11. The number of aryl methyl sites for hydroxylation is 2. The van der Waals surface area contributed by atoms with Crippen molar-refractivity contribution in [2.24, 2.45) is 0 Å². The summed E-state index contributed by atoms with van der Waals surface area (Å²) in [5.41, 5.74) is 0. The van der Waals surface area contributed by atoms with Gasteiger partial charge in [0.05, 0.1) is 0 Å². The smallest absolute Gasteiger partial charge is 0.0369 e. The van der Waals surface area contributed by atoms with E-state index in [0.29, 0.717) is 0 Å². The number of thiophene rings is 3. The number of unbranched alkanes of at least 4 members (excludes halogenated alkanes) is 12. The summed E-state index contributed by atoms with van der Waals surface area (Å²) >= 11 is 6.00. The highest BCUT2D eigenvalue weighted by atomic mass is 32.1. The predicted molar refractivity (Wildman–Crippen MR) is 183 cm³/mol. The van der Waals surface area contributed by atoms with Crippen molar-refractivity contribution in [1.29, 1.82) is 0 Å². The fourth-order valence-corrected chi connectivity index (χ4v) is 9.34. The molecule has 0 spiro atoms. The highest BCUT2D eigenvalue weighted by Crippen LogP contribution is 2.42. The number of benzene rings is 2. The molecule has 0 N–H and O–H groups in total. The third-order valence-corrected chi connectivity index (χ3v) is 11.4. The topological polar surface area (TPSA) is 0 Å². The number of rotatable bonds is 18. The van der Waals surface area contributed by atoms with Crippen molar-refractivity contribution in [3.8, 4) is 0 Å². The lowest BCUT2D eigenvalue weighted by Gasteiger charge is -2.00. The van der Waals surface area contributed by atoms with Crippen LogP contribution in [0.2, 0.25) is 0 Å². The Morgan fingerprint density at radius 2 is 0.846 bits per heavy atom. The Balaban J connectivity index is 1.19. The number of hydrogen-bond acceptors (Lipinski definition) is 3. The van der Waals surface area contributed by atoms with E-state index in [4.69, 9.17) is 0 Å². The van der Waals surface area contributed by atoms with Crippen molar-refractivity contribution in [2.75, 3.05) is 0 Å². The molecule has 0 unspecified atom stereocenters. The predicted octanol–water partition coefficient (Wildman–Crippen LogP) is 13.4. The standard InChI is InChI=1S/C36H44S3/c1-3-5-7-9-11-13-15-17-19-29-21-27-23-31-32-24-28-22-30(20-18-16-14-12-10-8-6-4-2)38-34(28)26-36(32)39-35(31)25-33(27)37-29/h3-4,21-26H,1-2,5-20H2. The number of fused-ring (bicyclic) bond motifs is 5. The fraction of sp³-hybridized carbons (Fsp3) is 0.444. The van der Waals surface area contributed by atoms with Gasteiger partial charge in [0, 0.05) is 39.3 Å². The molecule has 0 atom stereocenters. The maximum atomic E-state index is 3.82. The average molecular weight is 573 g/mol. The van der Waals surface area contributed by atoms with Gasteiger partial charge < -0.3 is 0 Å². The first kappa shape index (κ1) is 28.6. The molecule has 0 radical (unpaired) electrons. The van der Waals surface area contributed by atoms with Crippen LogP contribution in [-0.2, 0) is 12.8 Å². The maximum absolute atomic E-state index is 3.82. The molecule has 0 nitrogen and oxygen atoms in total. The van der Waals surface area contributed by atoms with E-state index in [1.807, 2.05) is 46.2 Å². The van der Waals surface area contributed by atoms with Crippen molar-refractivity contribution in [2.45, 2.75) is 103 Å². The zero-order valence-corrected chi connectivity index (χ0v) is 26.0. The Morgan fingerprint density at radius 3 is 1.28 bits per heavy atom. The second kappa shape index (κ2) is 14.6. The molecule has 3 heterocycles. The molecule has 0 fully saturated rings. The first-order chi connectivity index (χ1) is 19.2. The molecule has 3 heteroatoms. The molecule has 0 saturated heterocycles. The van der Waals surface area contributed by atoms with Gasteiger partial charge in [-0.05, 0) is 98.5 Å². The Bertz CT molecular complexity index is 1400. The first-order valence-electron chi connectivity index (χ1n) is 15.3. The molecule has 5 rings (SSSR count). The van der Waals surface area contributed by atoms with Crippen LogP contribution in [0.15, 0.2) is 61.7 Å². The van der Waals surface area contributed by atoms with Crippen molar-refractivity contribution in [1.82, 2.24) is 0 Å². The van der Waals surface area contributed by atoms with Crippen LogP contribution in [0, 0.1) is 0 Å². The van der Waals surface area contributed by atoms with E-state index in [-0.39, 0.29) is 0 Å². The molecule has 3 aromatic heterocycles. The molecule has 2 aromatic carbocycles. The highest BCUT2D eigenvalue weighted by molar-refractivity contribution is 7.27. The van der Waals surface area contributed by atoms with E-state index >= 15 is 0 Å². The second-order valence-electron chi connectivity index (χ2n) is 11.2. The summed E-state index contributed by atoms with van der Waals surface area (Å²) in [6, 6.07) is 14.8. The van der Waals surface area contributed by atoms with Crippen LogP contribution in [0.4, 0.5) is 0 Å². The minimum atomic E-state index is 1.17. The Kier molecular flexibility index (Phi) is 10.7. The van der Waals surface area contributed by atoms with Gasteiger partial charge in [-0.15, -0.1) is 47.2 Å². The molecule has 0 amide bonds. The largest absolute Gasteiger partial charge is 0.140 e. The normalized spacial score (nSPS) is 11.9. The lowest BCUT2D eigenvalue weighted by Crippen LogP contribution is -1.83. The van der Waals surface area contributed by atoms with Crippen molar-refractivity contribution in [3.63, 3.8) is 0 Å². The van der Waals surface area contributed by atoms with Crippen LogP contribution >= 0.6 is 34.0 Å². The summed E-state index contributed by atoms with van der Waals surface area (Å²) in [5, 5.41) is 5.75. The van der Waals surface area contributed by atoms with E-state index in [9.17, 15) is 0 Å². The van der Waals surface area contributed by atoms with E-state index < -0.39 is 0 Å². The lowest BCUT2D eigenvalue weighted by atomic mass is 10.1. The quantitative estimate of drug-likeness (QED) is 0.0723. The minimum Gasteiger partial charge on any atom is -0.140 e.